The van der Waals surface area contributed by atoms with Crippen molar-refractivity contribution in [3.05, 3.63) is 0 Å². The zero-order chi connectivity index (χ0) is 65.5. The zero-order valence-electron chi connectivity index (χ0n) is 57.3. The lowest BCUT2D eigenvalue weighted by molar-refractivity contribution is -0.186. The fourth-order valence-corrected chi connectivity index (χ4v) is 26.2. The van der Waals surface area contributed by atoms with E-state index in [1.54, 1.807) is 0 Å². The van der Waals surface area contributed by atoms with Crippen molar-refractivity contribution >= 4 is 23.7 Å². The molecular formula is C75H121F3O12. The Morgan fingerprint density at radius 1 is 0.422 bits per heavy atom. The lowest BCUT2D eigenvalue weighted by Crippen LogP contribution is -2.60. The average Bonchev–Trinajstić information content (AvgIpc) is 1.30. The number of hydrogen-bond acceptors (Lipinski definition) is 12. The summed E-state index contributed by atoms with van der Waals surface area (Å²) in [6.07, 6.45) is 15.0. The Morgan fingerprint density at radius 3 is 1.06 bits per heavy atom. The first-order valence-corrected chi connectivity index (χ1v) is 36.4. The Labute approximate surface area is 538 Å². The van der Waals surface area contributed by atoms with Gasteiger partial charge in [-0.15, -0.1) is 0 Å². The van der Waals surface area contributed by atoms with Gasteiger partial charge in [0.05, 0.1) is 51.8 Å². The molecule has 0 amide bonds. The Balaban J connectivity index is 0.000000148. The van der Waals surface area contributed by atoms with E-state index in [1.807, 2.05) is 0 Å². The largest absolute Gasteiger partial charge is 0.469 e. The molecule has 514 valence electrons. The van der Waals surface area contributed by atoms with Crippen LogP contribution in [-0.4, -0.2) is 120 Å². The van der Waals surface area contributed by atoms with E-state index in [0.29, 0.717) is 148 Å². The van der Waals surface area contributed by atoms with Crippen LogP contribution in [0.1, 0.15) is 236 Å². The lowest BCUT2D eigenvalue weighted by Gasteiger charge is -2.62. The summed E-state index contributed by atoms with van der Waals surface area (Å²) in [6.45, 7) is 20.7. The number of Topliss-reactive ketones (excluding diaryl/α,β-unsaturated/α-hetero) is 1. The van der Waals surface area contributed by atoms with Crippen LogP contribution >= 0.6 is 0 Å². The second-order valence-electron chi connectivity index (χ2n) is 34.7. The normalized spacial score (nSPS) is 50.6. The number of aliphatic hydroxyl groups excluding tert-OH is 5. The minimum atomic E-state index is -1.16. The lowest BCUT2D eigenvalue weighted by atomic mass is 9.43. The van der Waals surface area contributed by atoms with Crippen molar-refractivity contribution < 1.29 is 72.1 Å². The van der Waals surface area contributed by atoms with Crippen molar-refractivity contribution in [1.29, 1.82) is 0 Å². The molecule has 12 saturated carbocycles. The number of ether oxygens (including phenoxy) is 3. The highest BCUT2D eigenvalue weighted by Crippen LogP contribution is 2.72. The van der Waals surface area contributed by atoms with E-state index in [0.717, 1.165) is 96.3 Å². The first-order valence-electron chi connectivity index (χ1n) is 36.4. The van der Waals surface area contributed by atoms with Gasteiger partial charge in [-0.2, -0.15) is 0 Å². The number of methoxy groups -OCH3 is 3. The van der Waals surface area contributed by atoms with Crippen LogP contribution in [0, 0.1) is 139 Å². The molecule has 90 heavy (non-hydrogen) atoms. The molecular weight excluding hydrogens is 1150 g/mol. The summed E-state index contributed by atoms with van der Waals surface area (Å²) in [4.78, 5) is 48.3. The van der Waals surface area contributed by atoms with Crippen molar-refractivity contribution in [3.63, 3.8) is 0 Å². The highest BCUT2D eigenvalue weighted by atomic mass is 19.1. The van der Waals surface area contributed by atoms with Gasteiger partial charge < -0.3 is 39.7 Å². The van der Waals surface area contributed by atoms with Crippen molar-refractivity contribution in [2.75, 3.05) is 21.3 Å². The molecule has 32 atom stereocenters. The summed E-state index contributed by atoms with van der Waals surface area (Å²) in [5, 5.41) is 52.9. The number of carbonyl (C=O) groups excluding carboxylic acids is 4. The van der Waals surface area contributed by atoms with Crippen LogP contribution < -0.4 is 0 Å². The van der Waals surface area contributed by atoms with Gasteiger partial charge in [0.15, 0.2) is 0 Å². The van der Waals surface area contributed by atoms with E-state index in [2.05, 4.69) is 62.3 Å². The van der Waals surface area contributed by atoms with E-state index >= 15 is 0 Å². The van der Waals surface area contributed by atoms with Crippen LogP contribution in [0.25, 0.3) is 0 Å². The Kier molecular flexibility index (Phi) is 21.1. The van der Waals surface area contributed by atoms with Crippen LogP contribution in [0.2, 0.25) is 0 Å². The molecule has 0 aromatic heterocycles. The molecule has 12 aliphatic carbocycles. The maximum atomic E-state index is 14.6. The predicted octanol–water partition coefficient (Wildman–Crippen LogP) is 13.8. The summed E-state index contributed by atoms with van der Waals surface area (Å²) < 4.78 is 58.2. The second-order valence-corrected chi connectivity index (χ2v) is 34.7. The fraction of sp³-hybridized carbons (Fsp3) is 0.947. The van der Waals surface area contributed by atoms with Gasteiger partial charge in [-0.3, -0.25) is 19.2 Å². The molecule has 9 unspecified atom stereocenters. The Bertz CT molecular complexity index is 2430. The number of alkyl halides is 3. The second kappa shape index (κ2) is 26.9. The molecule has 0 aromatic rings. The Hall–Kier alpha value is -2.33. The summed E-state index contributed by atoms with van der Waals surface area (Å²) >= 11 is 0. The third-order valence-electron chi connectivity index (χ3n) is 31.1. The molecule has 15 heteroatoms. The van der Waals surface area contributed by atoms with Crippen molar-refractivity contribution in [3.8, 4) is 0 Å². The zero-order valence-corrected chi connectivity index (χ0v) is 57.3. The van der Waals surface area contributed by atoms with Gasteiger partial charge in [0.2, 0.25) is 0 Å². The molecule has 12 nitrogen and oxygen atoms in total. The quantitative estimate of drug-likeness (QED) is 0.0917. The number of esters is 3. The molecule has 0 radical (unpaired) electrons. The summed E-state index contributed by atoms with van der Waals surface area (Å²) in [5.41, 5.74) is 0.0945. The van der Waals surface area contributed by atoms with E-state index in [1.165, 1.54) is 21.3 Å². The molecule has 5 N–H and O–H groups in total. The molecule has 0 aliphatic heterocycles. The third-order valence-corrected chi connectivity index (χ3v) is 31.1. The molecule has 12 aliphatic rings. The van der Waals surface area contributed by atoms with Crippen molar-refractivity contribution in [1.82, 2.24) is 0 Å². The molecule has 0 bridgehead atoms. The van der Waals surface area contributed by atoms with Gasteiger partial charge in [0.1, 0.15) is 24.3 Å². The molecule has 12 fully saturated rings. The predicted molar refractivity (Wildman–Crippen MR) is 339 cm³/mol. The summed E-state index contributed by atoms with van der Waals surface area (Å²) in [7, 11) is 4.34. The van der Waals surface area contributed by atoms with E-state index in [4.69, 9.17) is 14.2 Å². The SMILES string of the molecule is COC(=O)CC[C@@H](C)[C@H]1CCC2C3C(=O)C[C@@H]4C[C@@H](O)[C@H](F)C[C@]4(C)C3CC[C@@]21C.COC(=O)CC[C@@H](C)[C@H]1CCC2C3C(CC[C@@]21C)[C@@]1(C)C[C@@H](F)[C@H](O)C[C@H]1C[C@@H]3O.COC(=O)CC[C@@H](C)[C@H]1CCC2C3C(CC[C@@]21C)[C@@]1(C)C[C@@H](F)[C@H](O)C[C@H]1C[C@H]3O. The molecule has 0 heterocycles. The van der Waals surface area contributed by atoms with E-state index in [-0.39, 0.29) is 104 Å². The van der Waals surface area contributed by atoms with E-state index < -0.39 is 36.8 Å². The number of hydrogen-bond donors (Lipinski definition) is 5. The summed E-state index contributed by atoms with van der Waals surface area (Å²) in [6, 6.07) is 0. The molecule has 0 saturated heterocycles. The number of carbonyl (C=O) groups is 4. The highest BCUT2D eigenvalue weighted by Gasteiger charge is 2.68. The minimum absolute atomic E-state index is 0.0465. The highest BCUT2D eigenvalue weighted by molar-refractivity contribution is 5.83. The minimum Gasteiger partial charge on any atom is -0.469 e. The number of aliphatic hydroxyl groups is 5. The smallest absolute Gasteiger partial charge is 0.305 e. The molecule has 0 aromatic carbocycles. The topological polar surface area (TPSA) is 197 Å². The van der Waals surface area contributed by atoms with Crippen molar-refractivity contribution in [2.24, 2.45) is 139 Å². The number of rotatable bonds is 12. The van der Waals surface area contributed by atoms with Gasteiger partial charge in [0, 0.05) is 31.6 Å². The van der Waals surface area contributed by atoms with Crippen LogP contribution in [0.3, 0.4) is 0 Å². The van der Waals surface area contributed by atoms with Crippen LogP contribution in [0.5, 0.6) is 0 Å². The first-order chi connectivity index (χ1) is 42.3. The van der Waals surface area contributed by atoms with Crippen LogP contribution in [-0.2, 0) is 33.4 Å². The van der Waals surface area contributed by atoms with Gasteiger partial charge in [-0.05, 0) is 281 Å². The Morgan fingerprint density at radius 2 is 0.700 bits per heavy atom. The number of ketones is 1. The van der Waals surface area contributed by atoms with Gasteiger partial charge in [-0.1, -0.05) is 62.3 Å². The third kappa shape index (κ3) is 12.4. The number of halogens is 3. The maximum absolute atomic E-state index is 14.6. The van der Waals surface area contributed by atoms with E-state index in [9.17, 15) is 57.9 Å². The number of fused-ring (bicyclic) bond motifs is 15. The first kappa shape index (κ1) is 70.5. The summed E-state index contributed by atoms with van der Waals surface area (Å²) in [5.74, 6) is 6.29. The van der Waals surface area contributed by atoms with Crippen LogP contribution in [0.15, 0.2) is 0 Å². The standard InChI is InChI=1S/2C25H41FO4.C25H39FO4/c3*1-14(5-8-22(29)30-4)16-6-7-17-23-18(9-10-24(16,17)2)25(3)13-19(26)20(27)11-15(25)12-21(23)28/h2*14-21,23,27-28H,5-13H2,1-4H3;14-20,23,27H,5-13H2,1-4H3/t14-,15+,16-,17?,18?,19-,20-,21+,23?,24-,25+;14-,15+,16-,17?,18?,19-,20-,21-,23?,24-,25+;14-,15+,16-,17?,18?,19-,20-,23?,24-,25+/m111/s1. The average molecular weight is 1270 g/mol. The van der Waals surface area contributed by atoms with Gasteiger partial charge >= 0.3 is 17.9 Å². The van der Waals surface area contributed by atoms with Crippen molar-refractivity contribution in [2.45, 2.75) is 285 Å². The fourth-order valence-electron chi connectivity index (χ4n) is 26.2. The van der Waals surface area contributed by atoms with Gasteiger partial charge in [-0.25, -0.2) is 13.2 Å². The molecule has 12 rings (SSSR count). The van der Waals surface area contributed by atoms with Crippen LogP contribution in [0.4, 0.5) is 13.2 Å². The maximum Gasteiger partial charge on any atom is 0.305 e. The van der Waals surface area contributed by atoms with Gasteiger partial charge in [0.25, 0.3) is 0 Å². The monoisotopic (exact) mass is 1270 g/mol. The molecule has 0 spiro atoms.